The van der Waals surface area contributed by atoms with Crippen molar-refractivity contribution in [2.45, 2.75) is 37.3 Å². The van der Waals surface area contributed by atoms with Crippen LogP contribution in [-0.2, 0) is 15.8 Å². The summed E-state index contributed by atoms with van der Waals surface area (Å²) >= 11 is 1.76. The second-order valence-corrected chi connectivity index (χ2v) is 10.4. The second-order valence-electron chi connectivity index (χ2n) is 7.39. The van der Waals surface area contributed by atoms with Crippen molar-refractivity contribution < 1.29 is 13.2 Å². The lowest BCUT2D eigenvalue weighted by atomic mass is 10.1. The average Bonchev–Trinajstić information content (AvgIpc) is 3.23. The molecule has 2 aromatic carbocycles. The summed E-state index contributed by atoms with van der Waals surface area (Å²) in [6.45, 7) is 5.55. The molecule has 3 rings (SSSR count). The van der Waals surface area contributed by atoms with Gasteiger partial charge in [0, 0.05) is 36.7 Å². The summed E-state index contributed by atoms with van der Waals surface area (Å²) in [5.74, 6) is 1.47. The molecule has 1 fully saturated rings. The number of carbonyl (C=O) groups excluding carboxylic acids is 1. The molecule has 2 aromatic rings. The van der Waals surface area contributed by atoms with Gasteiger partial charge in [-0.2, -0.15) is 16.1 Å². The summed E-state index contributed by atoms with van der Waals surface area (Å²) in [6, 6.07) is 13.2. The van der Waals surface area contributed by atoms with E-state index in [4.69, 9.17) is 0 Å². The van der Waals surface area contributed by atoms with Crippen LogP contribution in [0.5, 0.6) is 0 Å². The molecule has 1 amide bonds. The number of sulfonamides is 1. The van der Waals surface area contributed by atoms with Crippen molar-refractivity contribution in [1.29, 1.82) is 0 Å². The lowest BCUT2D eigenvalue weighted by molar-refractivity contribution is 0.0955. The fraction of sp³-hybridized carbons (Fsp3) is 0.409. The van der Waals surface area contributed by atoms with Gasteiger partial charge in [-0.25, -0.2) is 8.42 Å². The normalized spacial score (nSPS) is 14.8. The number of carbonyl (C=O) groups is 1. The number of amides is 1. The molecule has 0 aliphatic carbocycles. The highest BCUT2D eigenvalue weighted by molar-refractivity contribution is 7.98. The van der Waals surface area contributed by atoms with E-state index in [1.807, 2.05) is 6.92 Å². The molecular weight excluding hydrogens is 404 g/mol. The van der Waals surface area contributed by atoms with Crippen molar-refractivity contribution >= 4 is 27.7 Å². The molecule has 0 radical (unpaired) electrons. The average molecular weight is 433 g/mol. The Hall–Kier alpha value is -1.83. The molecule has 1 aliphatic heterocycles. The minimum Gasteiger partial charge on any atom is -0.351 e. The molecule has 1 aliphatic rings. The van der Waals surface area contributed by atoms with Gasteiger partial charge in [-0.15, -0.1) is 0 Å². The Bertz CT molecular complexity index is 968. The second kappa shape index (κ2) is 9.78. The number of hydrogen-bond donors (Lipinski definition) is 1. The summed E-state index contributed by atoms with van der Waals surface area (Å²) in [6.07, 6.45) is 1.78. The first kappa shape index (κ1) is 21.9. The molecule has 1 heterocycles. The van der Waals surface area contributed by atoms with E-state index in [1.165, 1.54) is 21.5 Å². The van der Waals surface area contributed by atoms with Gasteiger partial charge in [0.05, 0.1) is 4.90 Å². The monoisotopic (exact) mass is 432 g/mol. The molecule has 0 aromatic heterocycles. The number of hydrogen-bond acceptors (Lipinski definition) is 4. The predicted octanol–water partition coefficient (Wildman–Crippen LogP) is 3.75. The van der Waals surface area contributed by atoms with Crippen LogP contribution in [0.15, 0.2) is 47.4 Å². The summed E-state index contributed by atoms with van der Waals surface area (Å²) in [4.78, 5) is 12.8. The van der Waals surface area contributed by atoms with Crippen LogP contribution in [-0.4, -0.2) is 44.0 Å². The van der Waals surface area contributed by atoms with Crippen molar-refractivity contribution in [2.24, 2.45) is 0 Å². The molecule has 29 heavy (non-hydrogen) atoms. The highest BCUT2D eigenvalue weighted by Crippen LogP contribution is 2.23. The van der Waals surface area contributed by atoms with Gasteiger partial charge in [0.25, 0.3) is 5.91 Å². The van der Waals surface area contributed by atoms with E-state index in [1.54, 1.807) is 23.9 Å². The Balaban J connectivity index is 1.56. The summed E-state index contributed by atoms with van der Waals surface area (Å²) in [5, 5.41) is 2.92. The third kappa shape index (κ3) is 5.62. The fourth-order valence-corrected chi connectivity index (χ4v) is 5.76. The molecule has 0 unspecified atom stereocenters. The number of nitrogens with one attached hydrogen (secondary N) is 1. The van der Waals surface area contributed by atoms with Crippen molar-refractivity contribution in [1.82, 2.24) is 9.62 Å². The first-order valence-corrected chi connectivity index (χ1v) is 12.5. The SMILES string of the molecule is Cc1cccc(CSCCNC(=O)c2cc(S(=O)(=O)N3CCCC3)ccc2C)c1. The zero-order valence-electron chi connectivity index (χ0n) is 17.0. The van der Waals surface area contributed by atoms with Crippen LogP contribution in [0.1, 0.15) is 39.9 Å². The standard InChI is InChI=1S/C22H28N2O3S2/c1-17-6-5-7-19(14-17)16-28-13-10-23-22(25)21-15-20(9-8-18(21)2)29(26,27)24-11-3-4-12-24/h5-9,14-15H,3-4,10-13,16H2,1-2H3,(H,23,25). The van der Waals surface area contributed by atoms with Gasteiger partial charge in [0.2, 0.25) is 10.0 Å². The third-order valence-corrected chi connectivity index (χ3v) is 7.96. The summed E-state index contributed by atoms with van der Waals surface area (Å²) in [7, 11) is -3.53. The maximum absolute atomic E-state index is 12.8. The lowest BCUT2D eigenvalue weighted by Gasteiger charge is -2.17. The van der Waals surface area contributed by atoms with E-state index in [0.29, 0.717) is 25.2 Å². The smallest absolute Gasteiger partial charge is 0.251 e. The number of thioether (sulfide) groups is 1. The molecule has 5 nitrogen and oxygen atoms in total. The van der Waals surface area contributed by atoms with Crippen LogP contribution in [0.4, 0.5) is 0 Å². The third-order valence-electron chi connectivity index (χ3n) is 5.04. The van der Waals surface area contributed by atoms with Crippen LogP contribution >= 0.6 is 11.8 Å². The highest BCUT2D eigenvalue weighted by Gasteiger charge is 2.28. The van der Waals surface area contributed by atoms with Gasteiger partial charge >= 0.3 is 0 Å². The topological polar surface area (TPSA) is 66.5 Å². The molecule has 1 N–H and O–H groups in total. The highest BCUT2D eigenvalue weighted by atomic mass is 32.2. The van der Waals surface area contributed by atoms with E-state index >= 15 is 0 Å². The largest absolute Gasteiger partial charge is 0.351 e. The Kier molecular flexibility index (Phi) is 7.38. The van der Waals surface area contributed by atoms with Gasteiger partial charge in [0.15, 0.2) is 0 Å². The Morgan fingerprint density at radius 3 is 2.59 bits per heavy atom. The molecule has 0 saturated carbocycles. The summed E-state index contributed by atoms with van der Waals surface area (Å²) < 4.78 is 27.0. The van der Waals surface area contributed by atoms with Crippen molar-refractivity contribution in [3.63, 3.8) is 0 Å². The minimum atomic E-state index is -3.53. The van der Waals surface area contributed by atoms with Gasteiger partial charge in [-0.05, 0) is 49.9 Å². The van der Waals surface area contributed by atoms with Crippen molar-refractivity contribution in [2.75, 3.05) is 25.4 Å². The van der Waals surface area contributed by atoms with E-state index in [9.17, 15) is 13.2 Å². The minimum absolute atomic E-state index is 0.198. The molecule has 0 atom stereocenters. The van der Waals surface area contributed by atoms with E-state index in [0.717, 1.165) is 29.9 Å². The van der Waals surface area contributed by atoms with Crippen LogP contribution in [0, 0.1) is 13.8 Å². The zero-order valence-corrected chi connectivity index (χ0v) is 18.6. The molecule has 156 valence electrons. The fourth-order valence-electron chi connectivity index (χ4n) is 3.41. The lowest BCUT2D eigenvalue weighted by Crippen LogP contribution is -2.29. The van der Waals surface area contributed by atoms with Crippen molar-refractivity contribution in [3.05, 3.63) is 64.7 Å². The van der Waals surface area contributed by atoms with Gasteiger partial charge in [0.1, 0.15) is 0 Å². The van der Waals surface area contributed by atoms with E-state index in [-0.39, 0.29) is 10.8 Å². The van der Waals surface area contributed by atoms with Crippen LogP contribution in [0.2, 0.25) is 0 Å². The van der Waals surface area contributed by atoms with Crippen molar-refractivity contribution in [3.8, 4) is 0 Å². The quantitative estimate of drug-likeness (QED) is 0.645. The first-order valence-electron chi connectivity index (χ1n) is 9.90. The molecule has 0 spiro atoms. The molecular formula is C22H28N2O3S2. The van der Waals surface area contributed by atoms with E-state index in [2.05, 4.69) is 36.5 Å². The number of nitrogens with zero attached hydrogens (tertiary/aromatic N) is 1. The number of rotatable bonds is 8. The Morgan fingerprint density at radius 1 is 1.10 bits per heavy atom. The maximum Gasteiger partial charge on any atom is 0.251 e. The molecule has 0 bridgehead atoms. The molecule has 7 heteroatoms. The van der Waals surface area contributed by atoms with Crippen LogP contribution in [0.3, 0.4) is 0 Å². The Morgan fingerprint density at radius 2 is 1.86 bits per heavy atom. The van der Waals surface area contributed by atoms with Gasteiger partial charge in [-0.1, -0.05) is 35.9 Å². The van der Waals surface area contributed by atoms with E-state index < -0.39 is 10.0 Å². The number of aryl methyl sites for hydroxylation is 2. The van der Waals surface area contributed by atoms with Crippen LogP contribution < -0.4 is 5.32 Å². The maximum atomic E-state index is 12.8. The molecule has 1 saturated heterocycles. The predicted molar refractivity (Wildman–Crippen MR) is 119 cm³/mol. The van der Waals surface area contributed by atoms with Gasteiger partial charge in [-0.3, -0.25) is 4.79 Å². The van der Waals surface area contributed by atoms with Crippen LogP contribution in [0.25, 0.3) is 0 Å². The summed E-state index contributed by atoms with van der Waals surface area (Å²) in [5.41, 5.74) is 3.72. The zero-order chi connectivity index (χ0) is 20.9. The Labute approximate surface area is 177 Å². The van der Waals surface area contributed by atoms with Gasteiger partial charge < -0.3 is 5.32 Å². The first-order chi connectivity index (χ1) is 13.9. The number of benzene rings is 2.